The van der Waals surface area contributed by atoms with Gasteiger partial charge < -0.3 is 15.5 Å². The van der Waals surface area contributed by atoms with E-state index in [1.807, 2.05) is 4.90 Å². The van der Waals surface area contributed by atoms with E-state index in [1.165, 1.54) is 42.5 Å². The maximum atomic E-state index is 12.0. The predicted molar refractivity (Wildman–Crippen MR) is 85.4 cm³/mol. The molecule has 4 nitrogen and oxygen atoms in total. The third-order valence-corrected chi connectivity index (χ3v) is 4.45. The number of rotatable bonds is 5. The highest BCUT2D eigenvalue weighted by Gasteiger charge is 2.17. The van der Waals surface area contributed by atoms with Gasteiger partial charge in [-0.25, -0.2) is 0 Å². The zero-order valence-corrected chi connectivity index (χ0v) is 12.7. The van der Waals surface area contributed by atoms with Crippen LogP contribution in [0.15, 0.2) is 18.2 Å². The third kappa shape index (κ3) is 3.56. The molecule has 21 heavy (non-hydrogen) atoms. The van der Waals surface area contributed by atoms with Crippen LogP contribution in [0.5, 0.6) is 0 Å². The van der Waals surface area contributed by atoms with E-state index >= 15 is 0 Å². The smallest absolute Gasteiger partial charge is 0.223 e. The van der Waals surface area contributed by atoms with Gasteiger partial charge in [-0.3, -0.25) is 4.79 Å². The highest BCUT2D eigenvalue weighted by atomic mass is 16.2. The molecular formula is C17H25N3O. The third-order valence-electron chi connectivity index (χ3n) is 4.45. The molecule has 4 heteroatoms. The lowest BCUT2D eigenvalue weighted by Crippen LogP contribution is -2.30. The molecule has 0 saturated carbocycles. The molecule has 1 aromatic rings. The van der Waals surface area contributed by atoms with Crippen molar-refractivity contribution >= 4 is 11.6 Å². The van der Waals surface area contributed by atoms with E-state index in [4.69, 9.17) is 0 Å². The van der Waals surface area contributed by atoms with Gasteiger partial charge in [0.1, 0.15) is 0 Å². The fourth-order valence-electron chi connectivity index (χ4n) is 3.27. The van der Waals surface area contributed by atoms with Crippen molar-refractivity contribution in [2.75, 3.05) is 31.5 Å². The number of amides is 1. The summed E-state index contributed by atoms with van der Waals surface area (Å²) in [5.74, 6) is 0.299. The van der Waals surface area contributed by atoms with Gasteiger partial charge in [0.15, 0.2) is 0 Å². The number of fused-ring (bicyclic) bond motifs is 1. The van der Waals surface area contributed by atoms with E-state index in [2.05, 4.69) is 28.8 Å². The van der Waals surface area contributed by atoms with Gasteiger partial charge in [0, 0.05) is 44.8 Å². The van der Waals surface area contributed by atoms with Crippen LogP contribution in [0.3, 0.4) is 0 Å². The molecule has 0 radical (unpaired) electrons. The average molecular weight is 287 g/mol. The second-order valence-corrected chi connectivity index (χ2v) is 6.00. The van der Waals surface area contributed by atoms with Gasteiger partial charge in [0.25, 0.3) is 0 Å². The van der Waals surface area contributed by atoms with Crippen molar-refractivity contribution in [3.05, 3.63) is 29.3 Å². The molecule has 1 aromatic carbocycles. The maximum Gasteiger partial charge on any atom is 0.223 e. The number of benzene rings is 1. The van der Waals surface area contributed by atoms with Crippen LogP contribution in [0.1, 0.15) is 36.8 Å². The molecule has 1 fully saturated rings. The summed E-state index contributed by atoms with van der Waals surface area (Å²) in [6, 6.07) is 6.52. The Morgan fingerprint density at radius 2 is 2.10 bits per heavy atom. The van der Waals surface area contributed by atoms with Crippen molar-refractivity contribution in [2.24, 2.45) is 0 Å². The Bertz CT molecular complexity index is 495. The Hall–Kier alpha value is -1.55. The minimum absolute atomic E-state index is 0.299. The maximum absolute atomic E-state index is 12.0. The highest BCUT2D eigenvalue weighted by molar-refractivity contribution is 5.76. The predicted octanol–water partition coefficient (Wildman–Crippen LogP) is 2.15. The van der Waals surface area contributed by atoms with Crippen LogP contribution in [-0.2, 0) is 17.8 Å². The number of carbonyl (C=O) groups excluding carboxylic acids is 1. The molecule has 3 rings (SSSR count). The molecule has 1 amide bonds. The Kier molecular flexibility index (Phi) is 4.76. The number of likely N-dealkylation sites (tertiary alicyclic amines) is 1. The first-order valence-corrected chi connectivity index (χ1v) is 8.18. The summed E-state index contributed by atoms with van der Waals surface area (Å²) in [6.45, 7) is 4.57. The summed E-state index contributed by atoms with van der Waals surface area (Å²) in [5, 5.41) is 6.93. The minimum Gasteiger partial charge on any atom is -0.385 e. The summed E-state index contributed by atoms with van der Waals surface area (Å²) in [5.41, 5.74) is 4.05. The van der Waals surface area contributed by atoms with Crippen LogP contribution in [0, 0.1) is 0 Å². The molecular weight excluding hydrogens is 262 g/mol. The van der Waals surface area contributed by atoms with Gasteiger partial charge in [0.05, 0.1) is 0 Å². The van der Waals surface area contributed by atoms with Crippen molar-refractivity contribution < 1.29 is 4.79 Å². The lowest BCUT2D eigenvalue weighted by atomic mass is 9.99. The van der Waals surface area contributed by atoms with E-state index in [-0.39, 0.29) is 0 Å². The van der Waals surface area contributed by atoms with Crippen LogP contribution >= 0.6 is 0 Å². The number of nitrogens with zero attached hydrogens (tertiary/aromatic N) is 1. The highest BCUT2D eigenvalue weighted by Crippen LogP contribution is 2.25. The molecule has 0 spiro atoms. The minimum atomic E-state index is 0.299. The van der Waals surface area contributed by atoms with Crippen LogP contribution < -0.4 is 10.6 Å². The van der Waals surface area contributed by atoms with Crippen LogP contribution in [-0.4, -0.2) is 37.0 Å². The first-order valence-electron chi connectivity index (χ1n) is 8.18. The Labute approximate surface area is 126 Å². The molecule has 1 saturated heterocycles. The van der Waals surface area contributed by atoms with E-state index < -0.39 is 0 Å². The van der Waals surface area contributed by atoms with Crippen molar-refractivity contribution in [3.8, 4) is 0 Å². The van der Waals surface area contributed by atoms with E-state index in [0.717, 1.165) is 32.7 Å². The summed E-state index contributed by atoms with van der Waals surface area (Å²) >= 11 is 0. The van der Waals surface area contributed by atoms with Crippen molar-refractivity contribution in [1.82, 2.24) is 10.2 Å². The quantitative estimate of drug-likeness (QED) is 0.816. The van der Waals surface area contributed by atoms with Crippen LogP contribution in [0.2, 0.25) is 0 Å². The Morgan fingerprint density at radius 1 is 1.24 bits per heavy atom. The lowest BCUT2D eigenvalue weighted by Gasteiger charge is -2.21. The number of carbonyl (C=O) groups is 1. The van der Waals surface area contributed by atoms with Gasteiger partial charge in [0.2, 0.25) is 5.91 Å². The molecule has 0 bridgehead atoms. The molecule has 114 valence electrons. The first-order chi connectivity index (χ1) is 10.3. The van der Waals surface area contributed by atoms with E-state index in [0.29, 0.717) is 12.3 Å². The van der Waals surface area contributed by atoms with E-state index in [9.17, 15) is 4.79 Å². The molecule has 2 aliphatic rings. The summed E-state index contributed by atoms with van der Waals surface area (Å²) in [7, 11) is 0. The number of hydrogen-bond donors (Lipinski definition) is 2. The number of aryl methyl sites for hydroxylation is 1. The molecule has 0 aromatic heterocycles. The molecule has 2 heterocycles. The van der Waals surface area contributed by atoms with Gasteiger partial charge in [-0.15, -0.1) is 0 Å². The normalized spacial score (nSPS) is 17.4. The topological polar surface area (TPSA) is 44.4 Å². The van der Waals surface area contributed by atoms with E-state index in [1.54, 1.807) is 0 Å². The summed E-state index contributed by atoms with van der Waals surface area (Å²) < 4.78 is 0. The number of hydrogen-bond acceptors (Lipinski definition) is 3. The Morgan fingerprint density at radius 3 is 2.95 bits per heavy atom. The summed E-state index contributed by atoms with van der Waals surface area (Å²) in [4.78, 5) is 14.0. The SMILES string of the molecule is O=C(CCNCc1cccc2c1NCCC2)N1CCCC1. The Balaban J connectivity index is 1.46. The number of anilines is 1. The van der Waals surface area contributed by atoms with Crippen LogP contribution in [0.25, 0.3) is 0 Å². The zero-order valence-electron chi connectivity index (χ0n) is 12.7. The average Bonchev–Trinajstić information content (AvgIpc) is 3.06. The second kappa shape index (κ2) is 6.94. The van der Waals surface area contributed by atoms with Crippen LogP contribution in [0.4, 0.5) is 5.69 Å². The summed E-state index contributed by atoms with van der Waals surface area (Å²) in [6.07, 6.45) is 5.34. The first kappa shape index (κ1) is 14.4. The number of nitrogens with one attached hydrogen (secondary N) is 2. The second-order valence-electron chi connectivity index (χ2n) is 6.00. The molecule has 2 aliphatic heterocycles. The van der Waals surface area contributed by atoms with Crippen molar-refractivity contribution in [2.45, 2.75) is 38.6 Å². The number of para-hydroxylation sites is 1. The lowest BCUT2D eigenvalue weighted by molar-refractivity contribution is -0.130. The van der Waals surface area contributed by atoms with Gasteiger partial charge >= 0.3 is 0 Å². The zero-order chi connectivity index (χ0) is 14.5. The van der Waals surface area contributed by atoms with Gasteiger partial charge in [-0.05, 0) is 36.8 Å². The molecule has 0 atom stereocenters. The fourth-order valence-corrected chi connectivity index (χ4v) is 3.27. The monoisotopic (exact) mass is 287 g/mol. The van der Waals surface area contributed by atoms with Gasteiger partial charge in [-0.1, -0.05) is 18.2 Å². The van der Waals surface area contributed by atoms with Gasteiger partial charge in [-0.2, -0.15) is 0 Å². The van der Waals surface area contributed by atoms with Crippen molar-refractivity contribution in [3.63, 3.8) is 0 Å². The molecule has 0 aliphatic carbocycles. The molecule has 2 N–H and O–H groups in total. The molecule has 0 unspecified atom stereocenters. The standard InChI is InChI=1S/C17H25N3O/c21-16(20-11-1-2-12-20)8-10-18-13-15-6-3-5-14-7-4-9-19-17(14)15/h3,5-6,18-19H,1-2,4,7-13H2. The van der Waals surface area contributed by atoms with Crippen molar-refractivity contribution in [1.29, 1.82) is 0 Å². The largest absolute Gasteiger partial charge is 0.385 e. The fraction of sp³-hybridized carbons (Fsp3) is 0.588.